The van der Waals surface area contributed by atoms with Crippen molar-refractivity contribution in [1.82, 2.24) is 14.5 Å². The molecule has 0 aliphatic carbocycles. The second-order valence-corrected chi connectivity index (χ2v) is 8.75. The minimum absolute atomic E-state index is 0.242. The number of rotatable bonds is 3. The van der Waals surface area contributed by atoms with Crippen molar-refractivity contribution >= 4 is 9.84 Å². The van der Waals surface area contributed by atoms with Crippen LogP contribution in [0.25, 0.3) is 5.69 Å². The summed E-state index contributed by atoms with van der Waals surface area (Å²) in [6.45, 7) is 5.92. The van der Waals surface area contributed by atoms with Crippen molar-refractivity contribution in [1.29, 1.82) is 0 Å². The summed E-state index contributed by atoms with van der Waals surface area (Å²) in [5.74, 6) is 1.19. The van der Waals surface area contributed by atoms with Crippen LogP contribution in [0.1, 0.15) is 24.9 Å². The predicted molar refractivity (Wildman–Crippen MR) is 91.4 cm³/mol. The number of nitrogens with zero attached hydrogens (tertiary/aromatic N) is 3. The molecule has 1 aromatic heterocycles. The number of aryl methyl sites for hydroxylation is 1. The first kappa shape index (κ1) is 16.2. The van der Waals surface area contributed by atoms with Crippen LogP contribution in [0, 0.1) is 6.92 Å². The third kappa shape index (κ3) is 3.48. The van der Waals surface area contributed by atoms with Gasteiger partial charge in [0.05, 0.1) is 22.9 Å². The highest BCUT2D eigenvalue weighted by molar-refractivity contribution is 7.92. The monoisotopic (exact) mass is 333 g/mol. The number of para-hydroxylation sites is 1. The van der Waals surface area contributed by atoms with Crippen molar-refractivity contribution in [3.05, 3.63) is 48.0 Å². The second kappa shape index (κ2) is 6.45. The maximum absolute atomic E-state index is 12.0. The van der Waals surface area contributed by atoms with E-state index in [4.69, 9.17) is 0 Å². The first-order chi connectivity index (χ1) is 11.0. The molecule has 1 fully saturated rings. The fourth-order valence-electron chi connectivity index (χ4n) is 3.03. The number of aromatic nitrogens is 2. The Morgan fingerprint density at radius 1 is 1.22 bits per heavy atom. The Kier molecular flexibility index (Phi) is 4.55. The molecule has 1 atom stereocenters. The van der Waals surface area contributed by atoms with Gasteiger partial charge in [0.1, 0.15) is 5.82 Å². The molecule has 0 radical (unpaired) electrons. The summed E-state index contributed by atoms with van der Waals surface area (Å²) in [5, 5.41) is -0.242. The molecule has 1 aromatic carbocycles. The zero-order valence-corrected chi connectivity index (χ0v) is 14.5. The first-order valence-electron chi connectivity index (χ1n) is 8.00. The van der Waals surface area contributed by atoms with Gasteiger partial charge in [-0.3, -0.25) is 9.47 Å². The van der Waals surface area contributed by atoms with Gasteiger partial charge in [-0.1, -0.05) is 18.2 Å². The molecule has 1 unspecified atom stereocenters. The summed E-state index contributed by atoms with van der Waals surface area (Å²) in [5.41, 5.74) is 2.19. The van der Waals surface area contributed by atoms with Crippen molar-refractivity contribution in [2.24, 2.45) is 0 Å². The molecule has 0 spiro atoms. The highest BCUT2D eigenvalue weighted by atomic mass is 32.2. The van der Waals surface area contributed by atoms with Crippen molar-refractivity contribution in [3.8, 4) is 5.69 Å². The fraction of sp³-hybridized carbons (Fsp3) is 0.471. The van der Waals surface area contributed by atoms with Gasteiger partial charge in [-0.25, -0.2) is 13.4 Å². The molecule has 2 heterocycles. The minimum Gasteiger partial charge on any atom is -0.300 e. The van der Waals surface area contributed by atoms with Crippen LogP contribution in [0.2, 0.25) is 0 Å². The third-order valence-electron chi connectivity index (χ3n) is 4.57. The van der Waals surface area contributed by atoms with Crippen molar-refractivity contribution in [3.63, 3.8) is 0 Å². The molecule has 124 valence electrons. The largest absolute Gasteiger partial charge is 0.300 e. The van der Waals surface area contributed by atoms with Crippen LogP contribution in [-0.4, -0.2) is 47.0 Å². The maximum Gasteiger partial charge on any atom is 0.154 e. The van der Waals surface area contributed by atoms with Crippen molar-refractivity contribution in [2.45, 2.75) is 32.1 Å². The predicted octanol–water partition coefficient (Wildman–Crippen LogP) is 2.19. The summed E-state index contributed by atoms with van der Waals surface area (Å²) in [6, 6.07) is 10.1. The fourth-order valence-corrected chi connectivity index (χ4v) is 4.41. The van der Waals surface area contributed by atoms with Gasteiger partial charge in [-0.05, 0) is 38.9 Å². The normalized spacial score (nSPS) is 21.9. The van der Waals surface area contributed by atoms with E-state index in [0.29, 0.717) is 13.0 Å². The average molecular weight is 333 g/mol. The van der Waals surface area contributed by atoms with E-state index in [1.54, 1.807) is 0 Å². The Bertz CT molecular complexity index is 768. The lowest BCUT2D eigenvalue weighted by atomic mass is 10.2. The lowest BCUT2D eigenvalue weighted by Gasteiger charge is -2.20. The van der Waals surface area contributed by atoms with Gasteiger partial charge in [-0.15, -0.1) is 0 Å². The van der Waals surface area contributed by atoms with Gasteiger partial charge < -0.3 is 0 Å². The van der Waals surface area contributed by atoms with Crippen LogP contribution in [0.5, 0.6) is 0 Å². The van der Waals surface area contributed by atoms with E-state index in [-0.39, 0.29) is 11.0 Å². The molecule has 6 heteroatoms. The van der Waals surface area contributed by atoms with Crippen molar-refractivity contribution in [2.75, 3.05) is 18.8 Å². The van der Waals surface area contributed by atoms with E-state index in [0.717, 1.165) is 30.3 Å². The van der Waals surface area contributed by atoms with Crippen LogP contribution >= 0.6 is 0 Å². The Morgan fingerprint density at radius 3 is 2.70 bits per heavy atom. The molecule has 0 saturated carbocycles. The molecule has 1 aliphatic rings. The van der Waals surface area contributed by atoms with E-state index in [1.165, 1.54) is 0 Å². The van der Waals surface area contributed by atoms with E-state index in [2.05, 4.69) is 26.6 Å². The van der Waals surface area contributed by atoms with E-state index >= 15 is 0 Å². The highest BCUT2D eigenvalue weighted by Crippen LogP contribution is 2.19. The lowest BCUT2D eigenvalue weighted by molar-refractivity contribution is 0.278. The molecule has 0 N–H and O–H groups in total. The summed E-state index contributed by atoms with van der Waals surface area (Å²) < 4.78 is 26.2. The highest BCUT2D eigenvalue weighted by Gasteiger charge is 2.26. The summed E-state index contributed by atoms with van der Waals surface area (Å²) >= 11 is 0. The van der Waals surface area contributed by atoms with Crippen LogP contribution in [0.3, 0.4) is 0 Å². The van der Waals surface area contributed by atoms with Gasteiger partial charge in [-0.2, -0.15) is 0 Å². The van der Waals surface area contributed by atoms with Crippen LogP contribution in [0.15, 0.2) is 36.5 Å². The Morgan fingerprint density at radius 2 is 1.96 bits per heavy atom. The van der Waals surface area contributed by atoms with Gasteiger partial charge in [0.25, 0.3) is 0 Å². The molecule has 0 bridgehead atoms. The number of benzene rings is 1. The second-order valence-electron chi connectivity index (χ2n) is 6.21. The van der Waals surface area contributed by atoms with Gasteiger partial charge in [0, 0.05) is 18.8 Å². The molecular weight excluding hydrogens is 310 g/mol. The number of imidazole rings is 1. The van der Waals surface area contributed by atoms with Crippen LogP contribution < -0.4 is 0 Å². The molecule has 2 aromatic rings. The topological polar surface area (TPSA) is 55.2 Å². The SMILES string of the molecule is Cc1ncc(CN2CCC(C)S(=O)(=O)CC2)n1-c1ccccc1. The van der Waals surface area contributed by atoms with Crippen LogP contribution in [0.4, 0.5) is 0 Å². The van der Waals surface area contributed by atoms with E-state index < -0.39 is 9.84 Å². The third-order valence-corrected chi connectivity index (χ3v) is 6.78. The Balaban J connectivity index is 1.82. The van der Waals surface area contributed by atoms with Crippen molar-refractivity contribution < 1.29 is 8.42 Å². The molecule has 1 saturated heterocycles. The molecule has 3 rings (SSSR count). The number of sulfone groups is 1. The Hall–Kier alpha value is -1.66. The number of hydrogen-bond acceptors (Lipinski definition) is 4. The van der Waals surface area contributed by atoms with E-state index in [9.17, 15) is 8.42 Å². The average Bonchev–Trinajstić information content (AvgIpc) is 2.84. The molecule has 5 nitrogen and oxygen atoms in total. The molecule has 1 aliphatic heterocycles. The number of hydrogen-bond donors (Lipinski definition) is 0. The smallest absolute Gasteiger partial charge is 0.154 e. The zero-order chi connectivity index (χ0) is 16.4. The van der Waals surface area contributed by atoms with E-state index in [1.807, 2.05) is 38.2 Å². The molecule has 23 heavy (non-hydrogen) atoms. The van der Waals surface area contributed by atoms with Gasteiger partial charge in [0.15, 0.2) is 9.84 Å². The standard InChI is InChI=1S/C17H23N3O2S/c1-14-8-9-19(10-11-23(14,21)22)13-17-12-18-15(2)20(17)16-6-4-3-5-7-16/h3-7,12,14H,8-11,13H2,1-2H3. The minimum atomic E-state index is -2.94. The zero-order valence-electron chi connectivity index (χ0n) is 13.6. The first-order valence-corrected chi connectivity index (χ1v) is 9.71. The van der Waals surface area contributed by atoms with Crippen LogP contribution in [-0.2, 0) is 16.4 Å². The van der Waals surface area contributed by atoms with Gasteiger partial charge in [0.2, 0.25) is 0 Å². The van der Waals surface area contributed by atoms with Gasteiger partial charge >= 0.3 is 0 Å². The molecule has 0 amide bonds. The molecular formula is C17H23N3O2S. The maximum atomic E-state index is 12.0. The summed E-state index contributed by atoms with van der Waals surface area (Å²) in [4.78, 5) is 6.66. The lowest BCUT2D eigenvalue weighted by Crippen LogP contribution is -2.27. The Labute approximate surface area is 137 Å². The summed E-state index contributed by atoms with van der Waals surface area (Å²) in [7, 11) is -2.94. The summed E-state index contributed by atoms with van der Waals surface area (Å²) in [6.07, 6.45) is 2.59. The quantitative estimate of drug-likeness (QED) is 0.864.